The van der Waals surface area contributed by atoms with Gasteiger partial charge in [0.15, 0.2) is 0 Å². The molecule has 0 saturated carbocycles. The van der Waals surface area contributed by atoms with Crippen LogP contribution in [0, 0.1) is 0 Å². The number of primary amides is 1. The van der Waals surface area contributed by atoms with Crippen molar-refractivity contribution in [1.29, 1.82) is 0 Å². The first-order valence-corrected chi connectivity index (χ1v) is 6.98. The van der Waals surface area contributed by atoms with Gasteiger partial charge in [-0.3, -0.25) is 4.79 Å². The van der Waals surface area contributed by atoms with Gasteiger partial charge in [-0.15, -0.1) is 0 Å². The summed E-state index contributed by atoms with van der Waals surface area (Å²) in [7, 11) is 0. The van der Waals surface area contributed by atoms with Crippen molar-refractivity contribution in [2.45, 2.75) is 18.6 Å². The van der Waals surface area contributed by atoms with Crippen LogP contribution in [-0.2, 0) is 11.0 Å². The first-order valence-electron chi connectivity index (χ1n) is 6.19. The van der Waals surface area contributed by atoms with E-state index in [2.05, 4.69) is 15.9 Å². The zero-order chi connectivity index (χ0) is 16.5. The number of hydrogen-bond acceptors (Lipinski definition) is 3. The number of carbonyl (C=O) groups is 1. The van der Waals surface area contributed by atoms with E-state index in [0.717, 1.165) is 6.07 Å². The summed E-state index contributed by atoms with van der Waals surface area (Å²) in [6.07, 6.45) is -4.68. The number of nitrogens with two attached hydrogens (primary N) is 2. The van der Waals surface area contributed by atoms with Gasteiger partial charge >= 0.3 is 6.18 Å². The Morgan fingerprint density at radius 2 is 1.95 bits per heavy atom. The number of alkyl halides is 3. The molecule has 1 atom stereocenters. The highest BCUT2D eigenvalue weighted by atomic mass is 79.9. The highest BCUT2D eigenvalue weighted by Gasteiger charge is 2.34. The predicted molar refractivity (Wildman–Crippen MR) is 77.6 cm³/mol. The van der Waals surface area contributed by atoms with Crippen LogP contribution < -0.4 is 11.5 Å². The molecular formula is C14H12BrF3N2O2. The summed E-state index contributed by atoms with van der Waals surface area (Å²) in [5.41, 5.74) is 9.81. The molecule has 1 heterocycles. The Bertz CT molecular complexity index is 698. The number of carbonyl (C=O) groups excluding carboxylic acids is 1. The standard InChI is InChI=1S/C14H12BrF3N2O2/c15-7-1-2-8(9(5-7)14(16,17)18)11-3-4-12(22-11)10(19)6-13(20)21/h1-5,10H,6,19H2,(H2,20,21). The lowest BCUT2D eigenvalue weighted by Gasteiger charge is -2.12. The Balaban J connectivity index is 2.41. The summed E-state index contributed by atoms with van der Waals surface area (Å²) in [4.78, 5) is 10.8. The second-order valence-electron chi connectivity index (χ2n) is 4.67. The van der Waals surface area contributed by atoms with E-state index in [0.29, 0.717) is 4.47 Å². The largest absolute Gasteiger partial charge is 0.459 e. The summed E-state index contributed by atoms with van der Waals surface area (Å²) < 4.78 is 45.0. The van der Waals surface area contributed by atoms with Crippen LogP contribution in [0.15, 0.2) is 39.2 Å². The SMILES string of the molecule is NC(=O)CC(N)c1ccc(-c2ccc(Br)cc2C(F)(F)F)o1. The van der Waals surface area contributed by atoms with Gasteiger partial charge in [0.05, 0.1) is 11.6 Å². The van der Waals surface area contributed by atoms with Crippen molar-refractivity contribution >= 4 is 21.8 Å². The third kappa shape index (κ3) is 3.69. The lowest BCUT2D eigenvalue weighted by atomic mass is 10.1. The molecule has 1 unspecified atom stereocenters. The third-order valence-electron chi connectivity index (χ3n) is 2.97. The summed E-state index contributed by atoms with van der Waals surface area (Å²) in [6, 6.07) is 5.78. The molecule has 0 radical (unpaired) electrons. The van der Waals surface area contributed by atoms with Crippen LogP contribution in [0.4, 0.5) is 13.2 Å². The average molecular weight is 377 g/mol. The molecule has 0 aliphatic carbocycles. The van der Waals surface area contributed by atoms with Crippen LogP contribution in [0.2, 0.25) is 0 Å². The van der Waals surface area contributed by atoms with E-state index in [1.165, 1.54) is 24.3 Å². The minimum Gasteiger partial charge on any atom is -0.459 e. The molecule has 0 fully saturated rings. The topological polar surface area (TPSA) is 82.2 Å². The molecule has 4 nitrogen and oxygen atoms in total. The zero-order valence-electron chi connectivity index (χ0n) is 11.2. The van der Waals surface area contributed by atoms with Gasteiger partial charge in [-0.05, 0) is 30.3 Å². The molecule has 22 heavy (non-hydrogen) atoms. The molecule has 2 rings (SSSR count). The average Bonchev–Trinajstić information content (AvgIpc) is 2.86. The van der Waals surface area contributed by atoms with Crippen molar-refractivity contribution in [1.82, 2.24) is 0 Å². The van der Waals surface area contributed by atoms with Crippen LogP contribution in [-0.4, -0.2) is 5.91 Å². The van der Waals surface area contributed by atoms with Crippen LogP contribution >= 0.6 is 15.9 Å². The Hall–Kier alpha value is -1.80. The van der Waals surface area contributed by atoms with Crippen LogP contribution in [0.5, 0.6) is 0 Å². The minimum atomic E-state index is -4.53. The van der Waals surface area contributed by atoms with E-state index in [-0.39, 0.29) is 23.5 Å². The molecule has 1 aromatic carbocycles. The highest BCUT2D eigenvalue weighted by Crippen LogP contribution is 2.39. The lowest BCUT2D eigenvalue weighted by molar-refractivity contribution is -0.137. The molecule has 1 aromatic heterocycles. The van der Waals surface area contributed by atoms with Gasteiger partial charge < -0.3 is 15.9 Å². The monoisotopic (exact) mass is 376 g/mol. The summed E-state index contributed by atoms with van der Waals surface area (Å²) >= 11 is 3.01. The van der Waals surface area contributed by atoms with Gasteiger partial charge in [-0.25, -0.2) is 0 Å². The van der Waals surface area contributed by atoms with Crippen LogP contribution in [0.1, 0.15) is 23.8 Å². The fourth-order valence-electron chi connectivity index (χ4n) is 1.98. The van der Waals surface area contributed by atoms with E-state index in [1.54, 1.807) is 0 Å². The van der Waals surface area contributed by atoms with E-state index in [1.807, 2.05) is 0 Å². The third-order valence-corrected chi connectivity index (χ3v) is 3.46. The Morgan fingerprint density at radius 3 is 2.55 bits per heavy atom. The molecule has 0 spiro atoms. The maximum atomic E-state index is 13.1. The fourth-order valence-corrected chi connectivity index (χ4v) is 2.34. The Labute approximate surface area is 132 Å². The van der Waals surface area contributed by atoms with Gasteiger partial charge in [0.2, 0.25) is 5.91 Å². The maximum absolute atomic E-state index is 13.1. The smallest absolute Gasteiger partial charge is 0.417 e. The number of benzene rings is 1. The fraction of sp³-hybridized carbons (Fsp3) is 0.214. The minimum absolute atomic E-state index is 0.0229. The molecule has 2 aromatic rings. The van der Waals surface area contributed by atoms with E-state index < -0.39 is 23.7 Å². The molecular weight excluding hydrogens is 365 g/mol. The number of furan rings is 1. The summed E-state index contributed by atoms with van der Waals surface area (Å²) in [5.74, 6) is -0.398. The first kappa shape index (κ1) is 16.6. The maximum Gasteiger partial charge on any atom is 0.417 e. The molecule has 0 bridgehead atoms. The molecule has 0 aliphatic heterocycles. The van der Waals surface area contributed by atoms with Crippen molar-refractivity contribution in [3.05, 3.63) is 46.1 Å². The van der Waals surface area contributed by atoms with Gasteiger partial charge in [-0.1, -0.05) is 15.9 Å². The Kier molecular flexibility index (Phi) is 4.62. The van der Waals surface area contributed by atoms with Crippen molar-refractivity contribution in [2.24, 2.45) is 11.5 Å². The van der Waals surface area contributed by atoms with E-state index >= 15 is 0 Å². The summed E-state index contributed by atoms with van der Waals surface area (Å²) in [5, 5.41) is 0. The van der Waals surface area contributed by atoms with Crippen molar-refractivity contribution in [3.63, 3.8) is 0 Å². The molecule has 8 heteroatoms. The number of hydrogen-bond donors (Lipinski definition) is 2. The van der Waals surface area contributed by atoms with E-state index in [9.17, 15) is 18.0 Å². The van der Waals surface area contributed by atoms with Crippen LogP contribution in [0.25, 0.3) is 11.3 Å². The number of halogens is 4. The van der Waals surface area contributed by atoms with Crippen molar-refractivity contribution < 1.29 is 22.4 Å². The number of rotatable bonds is 4. The van der Waals surface area contributed by atoms with Crippen molar-refractivity contribution in [2.75, 3.05) is 0 Å². The van der Waals surface area contributed by atoms with Gasteiger partial charge in [-0.2, -0.15) is 13.2 Å². The quantitative estimate of drug-likeness (QED) is 0.854. The summed E-state index contributed by atoms with van der Waals surface area (Å²) in [6.45, 7) is 0. The molecule has 1 amide bonds. The predicted octanol–water partition coefficient (Wildman–Crippen LogP) is 3.60. The number of amides is 1. The Morgan fingerprint density at radius 1 is 1.27 bits per heavy atom. The molecule has 118 valence electrons. The normalized spacial score (nSPS) is 13.1. The second-order valence-corrected chi connectivity index (χ2v) is 5.58. The molecule has 0 aliphatic rings. The van der Waals surface area contributed by atoms with Crippen LogP contribution in [0.3, 0.4) is 0 Å². The molecule has 0 saturated heterocycles. The first-order chi connectivity index (χ1) is 10.2. The van der Waals surface area contributed by atoms with E-state index in [4.69, 9.17) is 15.9 Å². The van der Waals surface area contributed by atoms with Crippen molar-refractivity contribution in [3.8, 4) is 11.3 Å². The van der Waals surface area contributed by atoms with Gasteiger partial charge in [0.25, 0.3) is 0 Å². The molecule has 4 N–H and O–H groups in total. The highest BCUT2D eigenvalue weighted by molar-refractivity contribution is 9.10. The van der Waals surface area contributed by atoms with Gasteiger partial charge in [0, 0.05) is 16.5 Å². The zero-order valence-corrected chi connectivity index (χ0v) is 12.7. The lowest BCUT2D eigenvalue weighted by Crippen LogP contribution is -2.20. The second kappa shape index (κ2) is 6.13. The van der Waals surface area contributed by atoms with Gasteiger partial charge in [0.1, 0.15) is 11.5 Å².